The second-order valence-corrected chi connectivity index (χ2v) is 5.43. The largest absolute Gasteiger partial charge is 0.479 e. The molecule has 1 aliphatic carbocycles. The van der Waals surface area contributed by atoms with Crippen molar-refractivity contribution in [2.24, 2.45) is 5.92 Å². The molecule has 0 aliphatic heterocycles. The Morgan fingerprint density at radius 3 is 2.67 bits per heavy atom. The summed E-state index contributed by atoms with van der Waals surface area (Å²) < 4.78 is 0. The number of hydrogen-bond donors (Lipinski definition) is 2. The van der Waals surface area contributed by atoms with E-state index < -0.39 is 11.6 Å². The molecule has 0 heterocycles. The zero-order chi connectivity index (χ0) is 13.3. The topological polar surface area (TPSA) is 57.5 Å². The first-order chi connectivity index (χ1) is 8.48. The van der Waals surface area contributed by atoms with Gasteiger partial charge in [0.05, 0.1) is 0 Å². The summed E-state index contributed by atoms with van der Waals surface area (Å²) in [5.74, 6) is -1.73. The van der Waals surface area contributed by atoms with Crippen molar-refractivity contribution in [2.45, 2.75) is 44.6 Å². The zero-order valence-electron chi connectivity index (χ0n) is 10.9. The number of aliphatic hydroxyl groups is 1. The lowest BCUT2D eigenvalue weighted by Crippen LogP contribution is -2.50. The van der Waals surface area contributed by atoms with Crippen LogP contribution in [0, 0.1) is 5.92 Å². The van der Waals surface area contributed by atoms with E-state index in [9.17, 15) is 15.0 Å². The van der Waals surface area contributed by atoms with Gasteiger partial charge in [0.2, 0.25) is 0 Å². The molecule has 2 unspecified atom stereocenters. The maximum atomic E-state index is 11.5. The van der Waals surface area contributed by atoms with E-state index in [2.05, 4.69) is 0 Å². The van der Waals surface area contributed by atoms with Crippen molar-refractivity contribution in [2.75, 3.05) is 0 Å². The first-order valence-electron chi connectivity index (χ1n) is 6.51. The third-order valence-corrected chi connectivity index (χ3v) is 4.12. The van der Waals surface area contributed by atoms with Crippen molar-refractivity contribution in [3.63, 3.8) is 0 Å². The Bertz CT molecular complexity index is 453. The minimum absolute atomic E-state index is 0.306. The van der Waals surface area contributed by atoms with E-state index in [0.717, 1.165) is 24.8 Å². The number of carboxylic acids is 1. The fourth-order valence-corrected chi connectivity index (χ4v) is 3.01. The summed E-state index contributed by atoms with van der Waals surface area (Å²) >= 11 is 0. The number of fused-ring (bicyclic) bond motifs is 1. The van der Waals surface area contributed by atoms with Crippen LogP contribution in [-0.2, 0) is 11.2 Å². The average molecular weight is 248 g/mol. The second-order valence-electron chi connectivity index (χ2n) is 5.43. The molecule has 18 heavy (non-hydrogen) atoms. The molecule has 0 amide bonds. The van der Waals surface area contributed by atoms with E-state index in [4.69, 9.17) is 0 Å². The minimum atomic E-state index is -1.67. The van der Waals surface area contributed by atoms with Crippen LogP contribution in [0.5, 0.6) is 0 Å². The van der Waals surface area contributed by atoms with Crippen LogP contribution in [0.2, 0.25) is 0 Å². The number of carboxylic acid groups (broad SMARTS) is 1. The van der Waals surface area contributed by atoms with Crippen LogP contribution >= 0.6 is 0 Å². The number of hydrogen-bond acceptors (Lipinski definition) is 2. The molecule has 1 aliphatic rings. The molecule has 0 radical (unpaired) electrons. The monoisotopic (exact) mass is 248 g/mol. The highest BCUT2D eigenvalue weighted by molar-refractivity contribution is 5.79. The van der Waals surface area contributed by atoms with Gasteiger partial charge < -0.3 is 10.2 Å². The third-order valence-electron chi connectivity index (χ3n) is 4.12. The Labute approximate surface area is 107 Å². The van der Waals surface area contributed by atoms with Crippen LogP contribution < -0.4 is 0 Å². The summed E-state index contributed by atoms with van der Waals surface area (Å²) in [5, 5.41) is 20.1. The molecule has 0 saturated heterocycles. The normalized spacial score (nSPS) is 22.3. The molecule has 3 heteroatoms. The number of carbonyl (C=O) groups is 1. The van der Waals surface area contributed by atoms with Crippen LogP contribution in [0.4, 0.5) is 0 Å². The van der Waals surface area contributed by atoms with E-state index >= 15 is 0 Å². The molecule has 0 bridgehead atoms. The first-order valence-corrected chi connectivity index (χ1v) is 6.51. The summed E-state index contributed by atoms with van der Waals surface area (Å²) in [7, 11) is 0. The van der Waals surface area contributed by atoms with Gasteiger partial charge in [-0.2, -0.15) is 0 Å². The van der Waals surface area contributed by atoms with Crippen LogP contribution in [0.3, 0.4) is 0 Å². The van der Waals surface area contributed by atoms with E-state index in [1.165, 1.54) is 5.56 Å². The Balaban J connectivity index is 2.49. The smallest absolute Gasteiger partial charge is 0.336 e. The molecular formula is C15H20O3. The first kappa shape index (κ1) is 13.1. The Morgan fingerprint density at radius 1 is 1.39 bits per heavy atom. The maximum Gasteiger partial charge on any atom is 0.336 e. The van der Waals surface area contributed by atoms with Crippen molar-refractivity contribution in [3.8, 4) is 0 Å². The van der Waals surface area contributed by atoms with Gasteiger partial charge in [0.15, 0.2) is 5.60 Å². The van der Waals surface area contributed by atoms with Gasteiger partial charge in [0.25, 0.3) is 0 Å². The minimum Gasteiger partial charge on any atom is -0.479 e. The third kappa shape index (κ3) is 1.93. The van der Waals surface area contributed by atoms with Gasteiger partial charge in [0, 0.05) is 5.92 Å². The summed E-state index contributed by atoms with van der Waals surface area (Å²) in [5.41, 5.74) is 0.507. The Hall–Kier alpha value is -1.35. The van der Waals surface area contributed by atoms with E-state index in [0.29, 0.717) is 0 Å². The fourth-order valence-electron chi connectivity index (χ4n) is 3.01. The van der Waals surface area contributed by atoms with Gasteiger partial charge in [-0.1, -0.05) is 38.1 Å². The van der Waals surface area contributed by atoms with Gasteiger partial charge in [-0.25, -0.2) is 4.79 Å². The molecule has 0 spiro atoms. The van der Waals surface area contributed by atoms with E-state index in [1.807, 2.05) is 24.3 Å². The van der Waals surface area contributed by atoms with Gasteiger partial charge in [0.1, 0.15) is 0 Å². The summed E-state index contributed by atoms with van der Waals surface area (Å²) in [6.45, 7) is 3.54. The van der Waals surface area contributed by atoms with E-state index in [1.54, 1.807) is 13.8 Å². The highest BCUT2D eigenvalue weighted by Gasteiger charge is 2.48. The molecule has 98 valence electrons. The average Bonchev–Trinajstić information content (AvgIpc) is 2.36. The molecule has 0 aromatic heterocycles. The molecule has 0 fully saturated rings. The molecular weight excluding hydrogens is 228 g/mol. The molecule has 1 aromatic carbocycles. The predicted octanol–water partition coefficient (Wildman–Crippen LogP) is 2.58. The molecule has 2 rings (SSSR count). The van der Waals surface area contributed by atoms with Gasteiger partial charge in [-0.05, 0) is 36.3 Å². The number of aryl methyl sites for hydroxylation is 1. The fraction of sp³-hybridized carbons (Fsp3) is 0.533. The summed E-state index contributed by atoms with van der Waals surface area (Å²) in [4.78, 5) is 11.5. The number of benzene rings is 1. The standard InChI is InChI=1S/C15H20O3/c1-10(2)15(18,14(16)17)13-9-5-7-11-6-3-4-8-12(11)13/h3-4,6,8,10,13,18H,5,7,9H2,1-2H3,(H,16,17). The van der Waals surface area contributed by atoms with E-state index in [-0.39, 0.29) is 11.8 Å². The second kappa shape index (κ2) is 4.73. The Kier molecular flexibility index (Phi) is 3.44. The molecule has 1 aromatic rings. The van der Waals surface area contributed by atoms with Crippen LogP contribution in [0.25, 0.3) is 0 Å². The van der Waals surface area contributed by atoms with Crippen LogP contribution in [0.15, 0.2) is 24.3 Å². The molecule has 2 atom stereocenters. The van der Waals surface area contributed by atoms with Gasteiger partial charge in [-0.15, -0.1) is 0 Å². The lowest BCUT2D eigenvalue weighted by Gasteiger charge is -2.39. The quantitative estimate of drug-likeness (QED) is 0.864. The summed E-state index contributed by atoms with van der Waals surface area (Å²) in [6, 6.07) is 7.87. The highest BCUT2D eigenvalue weighted by atomic mass is 16.4. The molecule has 3 nitrogen and oxygen atoms in total. The Morgan fingerprint density at radius 2 is 2.06 bits per heavy atom. The molecule has 2 N–H and O–H groups in total. The lowest BCUT2D eigenvalue weighted by atomic mass is 9.69. The van der Waals surface area contributed by atoms with Crippen molar-refractivity contribution in [3.05, 3.63) is 35.4 Å². The lowest BCUT2D eigenvalue weighted by molar-refractivity contribution is -0.167. The van der Waals surface area contributed by atoms with Crippen LogP contribution in [0.1, 0.15) is 43.7 Å². The number of aliphatic carboxylic acids is 1. The van der Waals surface area contributed by atoms with Crippen molar-refractivity contribution in [1.29, 1.82) is 0 Å². The van der Waals surface area contributed by atoms with Crippen molar-refractivity contribution in [1.82, 2.24) is 0 Å². The van der Waals surface area contributed by atoms with Crippen molar-refractivity contribution < 1.29 is 15.0 Å². The predicted molar refractivity (Wildman–Crippen MR) is 69.5 cm³/mol. The summed E-state index contributed by atoms with van der Waals surface area (Å²) in [6.07, 6.45) is 2.64. The SMILES string of the molecule is CC(C)C(O)(C(=O)O)C1CCCc2ccccc21. The number of rotatable bonds is 3. The van der Waals surface area contributed by atoms with Gasteiger partial charge in [-0.3, -0.25) is 0 Å². The van der Waals surface area contributed by atoms with Crippen molar-refractivity contribution >= 4 is 5.97 Å². The van der Waals surface area contributed by atoms with Crippen LogP contribution in [-0.4, -0.2) is 21.8 Å². The highest BCUT2D eigenvalue weighted by Crippen LogP contribution is 2.42. The molecule has 0 saturated carbocycles. The van der Waals surface area contributed by atoms with Gasteiger partial charge >= 0.3 is 5.97 Å². The maximum absolute atomic E-state index is 11.5. The zero-order valence-corrected chi connectivity index (χ0v) is 10.9.